The molecule has 1 N–H and O–H groups in total. The summed E-state index contributed by atoms with van der Waals surface area (Å²) in [6.07, 6.45) is 8.82. The van der Waals surface area contributed by atoms with Crippen molar-refractivity contribution in [3.8, 4) is 11.4 Å². The number of hydrogen-bond acceptors (Lipinski definition) is 5. The normalized spacial score (nSPS) is 19.9. The first-order chi connectivity index (χ1) is 15.2. The van der Waals surface area contributed by atoms with Crippen molar-refractivity contribution in [2.24, 2.45) is 5.92 Å². The molecule has 166 valence electrons. The molecule has 2 aliphatic rings. The fraction of sp³-hybridized carbons (Fsp3) is 0.560. The molecule has 2 saturated heterocycles. The molecule has 6 nitrogen and oxygen atoms in total. The number of carbonyl (C=O) groups is 1. The second kappa shape index (κ2) is 10.7. The van der Waals surface area contributed by atoms with E-state index in [0.717, 1.165) is 62.6 Å². The van der Waals surface area contributed by atoms with Crippen LogP contribution in [0.2, 0.25) is 0 Å². The van der Waals surface area contributed by atoms with Crippen LogP contribution in [0.1, 0.15) is 44.1 Å². The number of carbonyl (C=O) groups excluding carboxylic acids is 1. The lowest BCUT2D eigenvalue weighted by atomic mass is 9.97. The Balaban J connectivity index is 1.29. The van der Waals surface area contributed by atoms with E-state index >= 15 is 0 Å². The zero-order valence-electron chi connectivity index (χ0n) is 18.7. The molecule has 0 aliphatic carbocycles. The number of likely N-dealkylation sites (tertiary alicyclic amines) is 1. The van der Waals surface area contributed by atoms with Crippen LogP contribution in [-0.2, 0) is 4.79 Å². The third-order valence-corrected chi connectivity index (χ3v) is 6.47. The van der Waals surface area contributed by atoms with Gasteiger partial charge in [-0.25, -0.2) is 9.97 Å². The molecule has 0 radical (unpaired) electrons. The lowest BCUT2D eigenvalue weighted by molar-refractivity contribution is -0.125. The lowest BCUT2D eigenvalue weighted by Crippen LogP contribution is -2.44. The van der Waals surface area contributed by atoms with Crippen LogP contribution in [0.4, 0.5) is 5.82 Å². The molecule has 2 fully saturated rings. The molecule has 0 unspecified atom stereocenters. The molecular weight excluding hydrogens is 386 g/mol. The Morgan fingerprint density at radius 3 is 2.68 bits per heavy atom. The Hall–Kier alpha value is -2.47. The maximum Gasteiger partial charge on any atom is 0.224 e. The van der Waals surface area contributed by atoms with Gasteiger partial charge in [-0.2, -0.15) is 0 Å². The van der Waals surface area contributed by atoms with Crippen LogP contribution in [0.3, 0.4) is 0 Å². The summed E-state index contributed by atoms with van der Waals surface area (Å²) in [5.74, 6) is 1.87. The maximum atomic E-state index is 12.8. The number of nitrogens with one attached hydrogen (secondary N) is 1. The average molecular weight is 422 g/mol. The van der Waals surface area contributed by atoms with Gasteiger partial charge in [-0.05, 0) is 64.7 Å². The molecule has 1 atom stereocenters. The van der Waals surface area contributed by atoms with Crippen molar-refractivity contribution in [2.75, 3.05) is 44.2 Å². The minimum absolute atomic E-state index is 0.0292. The summed E-state index contributed by atoms with van der Waals surface area (Å²) in [5, 5.41) is 3.18. The minimum Gasteiger partial charge on any atom is -0.356 e. The van der Waals surface area contributed by atoms with Crippen LogP contribution < -0.4 is 10.2 Å². The molecule has 3 heterocycles. The van der Waals surface area contributed by atoms with Crippen LogP contribution in [0.25, 0.3) is 11.4 Å². The van der Waals surface area contributed by atoms with E-state index in [2.05, 4.69) is 51.3 Å². The van der Waals surface area contributed by atoms with Crippen LogP contribution in [0.15, 0.2) is 36.5 Å². The number of anilines is 1. The number of rotatable bonds is 7. The van der Waals surface area contributed by atoms with Gasteiger partial charge < -0.3 is 15.1 Å². The molecule has 31 heavy (non-hydrogen) atoms. The molecule has 0 saturated carbocycles. The van der Waals surface area contributed by atoms with Gasteiger partial charge in [-0.3, -0.25) is 4.79 Å². The van der Waals surface area contributed by atoms with Gasteiger partial charge in [0.25, 0.3) is 0 Å². The number of aromatic nitrogens is 2. The third kappa shape index (κ3) is 6.03. The van der Waals surface area contributed by atoms with Gasteiger partial charge in [0.05, 0.1) is 5.92 Å². The maximum absolute atomic E-state index is 12.8. The monoisotopic (exact) mass is 421 g/mol. The van der Waals surface area contributed by atoms with E-state index < -0.39 is 0 Å². The highest BCUT2D eigenvalue weighted by Gasteiger charge is 2.26. The molecule has 0 bridgehead atoms. The van der Waals surface area contributed by atoms with E-state index in [0.29, 0.717) is 0 Å². The van der Waals surface area contributed by atoms with Gasteiger partial charge >= 0.3 is 0 Å². The van der Waals surface area contributed by atoms with E-state index in [-0.39, 0.29) is 11.8 Å². The zero-order valence-corrected chi connectivity index (χ0v) is 18.7. The molecule has 0 spiro atoms. The summed E-state index contributed by atoms with van der Waals surface area (Å²) in [6, 6.07) is 10.2. The fourth-order valence-electron chi connectivity index (χ4n) is 4.61. The third-order valence-electron chi connectivity index (χ3n) is 6.47. The number of hydrogen-bond donors (Lipinski definition) is 1. The number of nitrogens with zero attached hydrogens (tertiary/aromatic N) is 4. The Morgan fingerprint density at radius 2 is 1.87 bits per heavy atom. The zero-order chi connectivity index (χ0) is 21.5. The Kier molecular flexibility index (Phi) is 7.52. The molecule has 6 heteroatoms. The van der Waals surface area contributed by atoms with Crippen LogP contribution in [-0.4, -0.2) is 60.0 Å². The van der Waals surface area contributed by atoms with E-state index in [1.807, 2.05) is 12.3 Å². The van der Waals surface area contributed by atoms with Crippen LogP contribution >= 0.6 is 0 Å². The van der Waals surface area contributed by atoms with Crippen molar-refractivity contribution in [3.05, 3.63) is 42.1 Å². The highest BCUT2D eigenvalue weighted by atomic mass is 16.1. The van der Waals surface area contributed by atoms with Gasteiger partial charge in [0.1, 0.15) is 5.82 Å². The van der Waals surface area contributed by atoms with Crippen molar-refractivity contribution < 1.29 is 4.79 Å². The molecule has 1 aromatic heterocycles. The smallest absolute Gasteiger partial charge is 0.224 e. The first kappa shape index (κ1) is 21.8. The fourth-order valence-corrected chi connectivity index (χ4v) is 4.61. The second-order valence-electron chi connectivity index (χ2n) is 8.94. The van der Waals surface area contributed by atoms with Crippen molar-refractivity contribution in [3.63, 3.8) is 0 Å². The predicted octanol–water partition coefficient (Wildman–Crippen LogP) is 3.66. The molecule has 2 aromatic rings. The standard InChI is InChI=1S/C25H35N5O/c1-20-8-10-21(11-9-20)24-26-14-12-23(28-24)30-18-5-7-22(19-30)25(31)27-13-6-17-29-15-3-2-4-16-29/h8-12,14,22H,2-7,13,15-19H2,1H3,(H,27,31)/t22-/m0/s1. The molecule has 1 amide bonds. The summed E-state index contributed by atoms with van der Waals surface area (Å²) < 4.78 is 0. The van der Waals surface area contributed by atoms with Crippen molar-refractivity contribution in [2.45, 2.75) is 45.4 Å². The number of aryl methyl sites for hydroxylation is 1. The molecular formula is C25H35N5O. The van der Waals surface area contributed by atoms with Crippen molar-refractivity contribution >= 4 is 11.7 Å². The van der Waals surface area contributed by atoms with Gasteiger partial charge in [0, 0.05) is 31.4 Å². The van der Waals surface area contributed by atoms with Crippen LogP contribution in [0.5, 0.6) is 0 Å². The predicted molar refractivity (Wildman–Crippen MR) is 125 cm³/mol. The van der Waals surface area contributed by atoms with Gasteiger partial charge in [0.15, 0.2) is 5.82 Å². The molecule has 2 aliphatic heterocycles. The summed E-state index contributed by atoms with van der Waals surface area (Å²) in [7, 11) is 0. The SMILES string of the molecule is Cc1ccc(-c2nccc(N3CCC[C@H](C(=O)NCCCN4CCCCC4)C3)n2)cc1. The quantitative estimate of drug-likeness (QED) is 0.692. The first-order valence-corrected chi connectivity index (χ1v) is 11.8. The number of piperidine rings is 2. The number of amides is 1. The molecule has 1 aromatic carbocycles. The minimum atomic E-state index is 0.0292. The Labute approximate surface area is 186 Å². The topological polar surface area (TPSA) is 61.4 Å². The largest absolute Gasteiger partial charge is 0.356 e. The van der Waals surface area contributed by atoms with Gasteiger partial charge in [0.2, 0.25) is 5.91 Å². The number of benzene rings is 1. The van der Waals surface area contributed by atoms with E-state index in [1.165, 1.54) is 37.9 Å². The summed E-state index contributed by atoms with van der Waals surface area (Å²) >= 11 is 0. The highest BCUT2D eigenvalue weighted by molar-refractivity contribution is 5.79. The summed E-state index contributed by atoms with van der Waals surface area (Å²) in [5.41, 5.74) is 2.24. The summed E-state index contributed by atoms with van der Waals surface area (Å²) in [4.78, 5) is 26.8. The van der Waals surface area contributed by atoms with Crippen LogP contribution in [0, 0.1) is 12.8 Å². The van der Waals surface area contributed by atoms with Gasteiger partial charge in [-0.15, -0.1) is 0 Å². The average Bonchev–Trinajstić information content (AvgIpc) is 2.83. The van der Waals surface area contributed by atoms with Gasteiger partial charge in [-0.1, -0.05) is 36.2 Å². The Bertz CT molecular complexity index is 847. The van der Waals surface area contributed by atoms with E-state index in [4.69, 9.17) is 4.98 Å². The highest BCUT2D eigenvalue weighted by Crippen LogP contribution is 2.24. The first-order valence-electron chi connectivity index (χ1n) is 11.8. The Morgan fingerprint density at radius 1 is 1.06 bits per heavy atom. The second-order valence-corrected chi connectivity index (χ2v) is 8.94. The molecule has 4 rings (SSSR count). The van der Waals surface area contributed by atoms with Crippen molar-refractivity contribution in [1.82, 2.24) is 20.2 Å². The summed E-state index contributed by atoms with van der Waals surface area (Å²) in [6.45, 7) is 8.04. The van der Waals surface area contributed by atoms with E-state index in [9.17, 15) is 4.79 Å². The lowest BCUT2D eigenvalue weighted by Gasteiger charge is -2.33. The van der Waals surface area contributed by atoms with Crippen molar-refractivity contribution in [1.29, 1.82) is 0 Å². The van der Waals surface area contributed by atoms with E-state index in [1.54, 1.807) is 0 Å².